The van der Waals surface area contributed by atoms with Crippen LogP contribution in [-0.2, 0) is 14.3 Å². The van der Waals surface area contributed by atoms with E-state index in [4.69, 9.17) is 9.84 Å². The molecule has 0 aliphatic rings. The van der Waals surface area contributed by atoms with E-state index in [1.54, 1.807) is 0 Å². The van der Waals surface area contributed by atoms with E-state index in [0.717, 1.165) is 38.5 Å². The summed E-state index contributed by atoms with van der Waals surface area (Å²) in [5.74, 6) is -0.800. The smallest absolute Gasteiger partial charge is 0.306 e. The lowest BCUT2D eigenvalue weighted by Crippen LogP contribution is -2.18. The van der Waals surface area contributed by atoms with Gasteiger partial charge in [-0.1, -0.05) is 123 Å². The molecule has 202 valence electrons. The summed E-state index contributed by atoms with van der Waals surface area (Å²) >= 11 is 0. The van der Waals surface area contributed by atoms with Crippen molar-refractivity contribution in [3.8, 4) is 0 Å². The molecule has 1 N–H and O–H groups in total. The number of carbonyl (C=O) groups is 2. The van der Waals surface area contributed by atoms with Gasteiger partial charge in [0.15, 0.2) is 0 Å². The van der Waals surface area contributed by atoms with Gasteiger partial charge in [-0.05, 0) is 38.5 Å². The van der Waals surface area contributed by atoms with Crippen molar-refractivity contribution in [1.29, 1.82) is 0 Å². The van der Waals surface area contributed by atoms with Crippen molar-refractivity contribution in [2.75, 3.05) is 0 Å². The van der Waals surface area contributed by atoms with E-state index in [2.05, 4.69) is 13.8 Å². The second-order valence-corrected chi connectivity index (χ2v) is 10.3. The molecule has 0 saturated heterocycles. The molecule has 0 heterocycles. The van der Waals surface area contributed by atoms with Gasteiger partial charge >= 0.3 is 11.9 Å². The van der Waals surface area contributed by atoms with E-state index in [1.807, 2.05) is 0 Å². The van der Waals surface area contributed by atoms with E-state index in [1.165, 1.54) is 103 Å². The largest absolute Gasteiger partial charge is 0.481 e. The molecular formula is C30H58O4. The summed E-state index contributed by atoms with van der Waals surface area (Å²) in [7, 11) is 0. The lowest BCUT2D eigenvalue weighted by molar-refractivity contribution is -0.150. The van der Waals surface area contributed by atoms with Gasteiger partial charge in [0.25, 0.3) is 0 Å². The van der Waals surface area contributed by atoms with Crippen LogP contribution in [0.2, 0.25) is 0 Å². The molecule has 0 aliphatic carbocycles. The molecule has 0 aromatic carbocycles. The number of carboxylic acids is 1. The number of ether oxygens (including phenoxy) is 1. The van der Waals surface area contributed by atoms with E-state index in [9.17, 15) is 9.59 Å². The fourth-order valence-electron chi connectivity index (χ4n) is 4.59. The first-order chi connectivity index (χ1) is 16.6. The van der Waals surface area contributed by atoms with Gasteiger partial charge in [-0.3, -0.25) is 9.59 Å². The van der Waals surface area contributed by atoms with Gasteiger partial charge in [0.05, 0.1) is 0 Å². The first kappa shape index (κ1) is 32.9. The van der Waals surface area contributed by atoms with Crippen LogP contribution < -0.4 is 0 Å². The Kier molecular flexibility index (Phi) is 25.7. The van der Waals surface area contributed by atoms with Crippen molar-refractivity contribution >= 4 is 11.9 Å². The lowest BCUT2D eigenvalue weighted by Gasteiger charge is -2.18. The summed E-state index contributed by atoms with van der Waals surface area (Å²) in [5, 5.41) is 8.84. The van der Waals surface area contributed by atoms with Crippen LogP contribution in [0.4, 0.5) is 0 Å². The maximum atomic E-state index is 12.4. The van der Waals surface area contributed by atoms with Gasteiger partial charge < -0.3 is 9.84 Å². The molecule has 1 atom stereocenters. The summed E-state index contributed by atoms with van der Waals surface area (Å²) in [6.07, 6.45) is 28.2. The van der Waals surface area contributed by atoms with Gasteiger partial charge in [-0.25, -0.2) is 0 Å². The van der Waals surface area contributed by atoms with Crippen LogP contribution in [0.25, 0.3) is 0 Å². The minimum absolute atomic E-state index is 0.0331. The van der Waals surface area contributed by atoms with Crippen LogP contribution in [0, 0.1) is 0 Å². The Labute approximate surface area is 212 Å². The second kappa shape index (κ2) is 26.5. The number of rotatable bonds is 27. The fourth-order valence-corrected chi connectivity index (χ4v) is 4.59. The van der Waals surface area contributed by atoms with Crippen LogP contribution in [0.1, 0.15) is 174 Å². The van der Waals surface area contributed by atoms with Crippen molar-refractivity contribution in [1.82, 2.24) is 0 Å². The van der Waals surface area contributed by atoms with E-state index in [0.29, 0.717) is 12.8 Å². The number of carboxylic acid groups (broad SMARTS) is 1. The summed E-state index contributed by atoms with van der Waals surface area (Å²) < 4.78 is 5.82. The van der Waals surface area contributed by atoms with Crippen molar-refractivity contribution in [3.63, 3.8) is 0 Å². The molecule has 0 saturated carbocycles. The Morgan fingerprint density at radius 3 is 1.32 bits per heavy atom. The average Bonchev–Trinajstić information content (AvgIpc) is 2.81. The number of hydrogen-bond donors (Lipinski definition) is 1. The Morgan fingerprint density at radius 1 is 0.529 bits per heavy atom. The monoisotopic (exact) mass is 482 g/mol. The Morgan fingerprint density at radius 2 is 0.882 bits per heavy atom. The molecule has 1 unspecified atom stereocenters. The predicted octanol–water partition coefficient (Wildman–Crippen LogP) is 9.78. The normalized spacial score (nSPS) is 12.1. The Bertz CT molecular complexity index is 449. The third-order valence-corrected chi connectivity index (χ3v) is 6.83. The molecule has 0 bridgehead atoms. The van der Waals surface area contributed by atoms with Crippen LogP contribution in [0.3, 0.4) is 0 Å². The first-order valence-corrected chi connectivity index (χ1v) is 15.0. The predicted molar refractivity (Wildman–Crippen MR) is 144 cm³/mol. The number of esters is 1. The van der Waals surface area contributed by atoms with Crippen molar-refractivity contribution in [2.24, 2.45) is 0 Å². The van der Waals surface area contributed by atoms with Crippen molar-refractivity contribution in [2.45, 2.75) is 180 Å². The van der Waals surface area contributed by atoms with Crippen LogP contribution in [0.15, 0.2) is 0 Å². The zero-order valence-electron chi connectivity index (χ0n) is 22.9. The van der Waals surface area contributed by atoms with Crippen LogP contribution in [-0.4, -0.2) is 23.1 Å². The summed E-state index contributed by atoms with van der Waals surface area (Å²) in [6.45, 7) is 4.50. The fraction of sp³-hybridized carbons (Fsp3) is 0.933. The zero-order chi connectivity index (χ0) is 25.1. The summed E-state index contributed by atoms with van der Waals surface area (Å²) in [4.78, 5) is 23.1. The van der Waals surface area contributed by atoms with Crippen LogP contribution in [0.5, 0.6) is 0 Å². The molecule has 0 aromatic rings. The lowest BCUT2D eigenvalue weighted by atomic mass is 10.0. The molecular weight excluding hydrogens is 424 g/mol. The molecule has 4 heteroatoms. The van der Waals surface area contributed by atoms with E-state index >= 15 is 0 Å². The van der Waals surface area contributed by atoms with Gasteiger partial charge in [-0.2, -0.15) is 0 Å². The third-order valence-electron chi connectivity index (χ3n) is 6.83. The standard InChI is InChI=1S/C30H58O4/c1-3-5-7-9-11-12-13-14-15-17-19-21-27-30(33)34-28(25-22-23-26-29(31)32)24-20-18-16-10-8-6-4-2/h28H,3-27H2,1-2H3,(H,31,32). The van der Waals surface area contributed by atoms with Crippen LogP contribution >= 0.6 is 0 Å². The van der Waals surface area contributed by atoms with Gasteiger partial charge in [0.2, 0.25) is 0 Å². The average molecular weight is 483 g/mol. The van der Waals surface area contributed by atoms with Crippen molar-refractivity contribution < 1.29 is 19.4 Å². The number of hydrogen-bond acceptors (Lipinski definition) is 3. The number of carbonyl (C=O) groups excluding carboxylic acids is 1. The highest BCUT2D eigenvalue weighted by molar-refractivity contribution is 5.69. The Balaban J connectivity index is 3.87. The zero-order valence-corrected chi connectivity index (χ0v) is 22.9. The molecule has 4 nitrogen and oxygen atoms in total. The Hall–Kier alpha value is -1.06. The number of aliphatic carboxylic acids is 1. The molecule has 0 fully saturated rings. The third kappa shape index (κ3) is 25.6. The summed E-state index contributed by atoms with van der Waals surface area (Å²) in [5.41, 5.74) is 0. The quantitative estimate of drug-likeness (QED) is 0.0934. The highest BCUT2D eigenvalue weighted by Crippen LogP contribution is 2.18. The van der Waals surface area contributed by atoms with Gasteiger partial charge in [0.1, 0.15) is 6.10 Å². The molecule has 34 heavy (non-hydrogen) atoms. The molecule has 0 rings (SSSR count). The van der Waals surface area contributed by atoms with Crippen molar-refractivity contribution in [3.05, 3.63) is 0 Å². The van der Waals surface area contributed by atoms with Gasteiger partial charge in [-0.15, -0.1) is 0 Å². The minimum atomic E-state index is -0.743. The first-order valence-electron chi connectivity index (χ1n) is 15.0. The number of unbranched alkanes of at least 4 members (excludes halogenated alkanes) is 18. The van der Waals surface area contributed by atoms with E-state index in [-0.39, 0.29) is 18.5 Å². The highest BCUT2D eigenvalue weighted by Gasteiger charge is 2.14. The van der Waals surface area contributed by atoms with E-state index < -0.39 is 5.97 Å². The highest BCUT2D eigenvalue weighted by atomic mass is 16.5. The molecule has 0 amide bonds. The second-order valence-electron chi connectivity index (χ2n) is 10.3. The maximum Gasteiger partial charge on any atom is 0.306 e. The van der Waals surface area contributed by atoms with Gasteiger partial charge in [0, 0.05) is 12.8 Å². The molecule has 0 aliphatic heterocycles. The topological polar surface area (TPSA) is 63.6 Å². The molecule has 0 radical (unpaired) electrons. The minimum Gasteiger partial charge on any atom is -0.481 e. The maximum absolute atomic E-state index is 12.4. The molecule has 0 spiro atoms. The molecule has 0 aromatic heterocycles. The summed E-state index contributed by atoms with van der Waals surface area (Å²) in [6, 6.07) is 0. The SMILES string of the molecule is CCCCCCCCCCCCCCC(=O)OC(CCCCCCCCC)CCCCC(=O)O.